The minimum Gasteiger partial charge on any atom is -0.711 e. The van der Waals surface area contributed by atoms with E-state index in [1.807, 2.05) is 30.4 Å². The van der Waals surface area contributed by atoms with Gasteiger partial charge in [0, 0.05) is 23.9 Å². The molecular weight excluding hydrogens is 430 g/mol. The van der Waals surface area contributed by atoms with Crippen LogP contribution in [0, 0.1) is 16.5 Å². The van der Waals surface area contributed by atoms with Gasteiger partial charge in [0.15, 0.2) is 17.0 Å². The molecule has 34 heavy (non-hydrogen) atoms. The third kappa shape index (κ3) is 4.69. The van der Waals surface area contributed by atoms with Gasteiger partial charge in [-0.1, -0.05) is 31.9 Å². The van der Waals surface area contributed by atoms with Gasteiger partial charge in [-0.25, -0.2) is 14.7 Å². The van der Waals surface area contributed by atoms with Crippen molar-refractivity contribution in [3.63, 3.8) is 0 Å². The van der Waals surface area contributed by atoms with E-state index in [1.54, 1.807) is 35.9 Å². The van der Waals surface area contributed by atoms with Crippen LogP contribution in [-0.2, 0) is 0 Å². The Hall–Kier alpha value is -4.38. The summed E-state index contributed by atoms with van der Waals surface area (Å²) in [5.41, 5.74) is 2.14. The maximum atomic E-state index is 12.6. The molecule has 0 aliphatic heterocycles. The molecule has 8 heteroatoms. The second kappa shape index (κ2) is 10.5. The fourth-order valence-corrected chi connectivity index (χ4v) is 3.64. The summed E-state index contributed by atoms with van der Waals surface area (Å²) in [7, 11) is 1.62. The van der Waals surface area contributed by atoms with Crippen LogP contribution < -0.4 is 14.2 Å². The van der Waals surface area contributed by atoms with Gasteiger partial charge in [0.2, 0.25) is 11.6 Å². The maximum absolute atomic E-state index is 12.6. The van der Waals surface area contributed by atoms with Crippen LogP contribution in [0.3, 0.4) is 0 Å². The predicted molar refractivity (Wildman–Crippen MR) is 129 cm³/mol. The summed E-state index contributed by atoms with van der Waals surface area (Å²) in [6.45, 7) is 2.75. The highest BCUT2D eigenvalue weighted by Gasteiger charge is 2.21. The van der Waals surface area contributed by atoms with Gasteiger partial charge in [-0.05, 0) is 36.8 Å². The Kier molecular flexibility index (Phi) is 7.04. The van der Waals surface area contributed by atoms with Gasteiger partial charge in [-0.3, -0.25) is 0 Å². The topological polar surface area (TPSA) is 99.9 Å². The van der Waals surface area contributed by atoms with Gasteiger partial charge in [-0.15, -0.1) is 0 Å². The Morgan fingerprint density at radius 3 is 2.76 bits per heavy atom. The zero-order valence-corrected chi connectivity index (χ0v) is 19.1. The number of rotatable bonds is 9. The summed E-state index contributed by atoms with van der Waals surface area (Å²) in [4.78, 5) is 9.02. The monoisotopic (exact) mass is 455 g/mol. The van der Waals surface area contributed by atoms with Crippen LogP contribution in [0.4, 0.5) is 0 Å². The molecule has 0 unspecified atom stereocenters. The molecule has 0 amide bonds. The second-order valence-corrected chi connectivity index (χ2v) is 7.63. The third-order valence-electron chi connectivity index (χ3n) is 5.33. The summed E-state index contributed by atoms with van der Waals surface area (Å²) < 4.78 is 14.0. The van der Waals surface area contributed by atoms with E-state index in [2.05, 4.69) is 23.0 Å². The number of hydrogen-bond donors (Lipinski definition) is 0. The van der Waals surface area contributed by atoms with E-state index >= 15 is 0 Å². The van der Waals surface area contributed by atoms with Crippen molar-refractivity contribution in [1.82, 2.24) is 14.5 Å². The van der Waals surface area contributed by atoms with E-state index in [-0.39, 0.29) is 0 Å². The standard InChI is InChI=1S/C26H25N5O3/c1-3-4-5-16-34-25-20(8-6-10-22(25)33-2)12-14-24-29-21-9-7-15-30(32)26(21)31(24)23-13-11-19(17-27)18-28-23/h6-15,18H,3-5,16H2,1-2H3/b14-12+. The average Bonchev–Trinajstić information content (AvgIpc) is 3.25. The number of nitrogens with zero attached hydrogens (tertiary/aromatic N) is 5. The number of imidazole rings is 1. The van der Waals surface area contributed by atoms with Crippen LogP contribution in [0.5, 0.6) is 11.5 Å². The molecule has 172 valence electrons. The number of nitriles is 1. The Balaban J connectivity index is 1.77. The van der Waals surface area contributed by atoms with Crippen molar-refractivity contribution in [3.8, 4) is 23.4 Å². The number of benzene rings is 1. The molecule has 0 bridgehead atoms. The van der Waals surface area contributed by atoms with E-state index < -0.39 is 0 Å². The van der Waals surface area contributed by atoms with E-state index in [0.29, 0.717) is 46.5 Å². The van der Waals surface area contributed by atoms with Crippen molar-refractivity contribution >= 4 is 23.3 Å². The largest absolute Gasteiger partial charge is 0.711 e. The number of para-hydroxylation sites is 1. The molecule has 4 rings (SSSR count). The van der Waals surface area contributed by atoms with Crippen molar-refractivity contribution in [2.75, 3.05) is 13.7 Å². The van der Waals surface area contributed by atoms with Crippen LogP contribution in [0.15, 0.2) is 54.9 Å². The number of methoxy groups -OCH3 is 1. The Morgan fingerprint density at radius 1 is 1.15 bits per heavy atom. The molecule has 0 spiro atoms. The van der Waals surface area contributed by atoms with E-state index in [4.69, 9.17) is 14.7 Å². The quantitative estimate of drug-likeness (QED) is 0.206. The Labute approximate surface area is 197 Å². The molecule has 0 saturated carbocycles. The van der Waals surface area contributed by atoms with Gasteiger partial charge in [-0.2, -0.15) is 9.83 Å². The lowest BCUT2D eigenvalue weighted by atomic mass is 10.1. The summed E-state index contributed by atoms with van der Waals surface area (Å²) >= 11 is 0. The predicted octanol–water partition coefficient (Wildman–Crippen LogP) is 4.67. The first-order valence-electron chi connectivity index (χ1n) is 11.1. The van der Waals surface area contributed by atoms with E-state index in [0.717, 1.165) is 29.6 Å². The minimum absolute atomic E-state index is 0.348. The lowest BCUT2D eigenvalue weighted by molar-refractivity contribution is -0.579. The number of unbranched alkanes of at least 4 members (excludes halogenated alkanes) is 2. The second-order valence-electron chi connectivity index (χ2n) is 7.63. The van der Waals surface area contributed by atoms with Crippen molar-refractivity contribution < 1.29 is 14.2 Å². The number of ether oxygens (including phenoxy) is 2. The SMILES string of the molecule is CCCCCOc1c(/C=C/c2nc3ccc[n+]([O-])c3n2-c2ccc(C#N)cn2)cccc1OC. The zero-order valence-electron chi connectivity index (χ0n) is 19.1. The van der Waals surface area contributed by atoms with Gasteiger partial charge in [0.25, 0.3) is 0 Å². The van der Waals surface area contributed by atoms with Gasteiger partial charge < -0.3 is 14.7 Å². The molecule has 0 atom stereocenters. The molecule has 0 aliphatic carbocycles. The number of pyridine rings is 2. The Bertz CT molecular complexity index is 1350. The number of aromatic nitrogens is 4. The highest BCUT2D eigenvalue weighted by Crippen LogP contribution is 2.33. The fourth-order valence-electron chi connectivity index (χ4n) is 3.64. The first-order valence-corrected chi connectivity index (χ1v) is 11.1. The highest BCUT2D eigenvalue weighted by molar-refractivity contribution is 5.78. The molecule has 0 saturated heterocycles. The Morgan fingerprint density at radius 2 is 2.03 bits per heavy atom. The van der Waals surface area contributed by atoms with Crippen LogP contribution >= 0.6 is 0 Å². The highest BCUT2D eigenvalue weighted by atomic mass is 16.5. The van der Waals surface area contributed by atoms with Crippen LogP contribution in [0.1, 0.15) is 43.1 Å². The molecule has 0 fully saturated rings. The molecule has 3 heterocycles. The van der Waals surface area contributed by atoms with Crippen molar-refractivity contribution in [3.05, 3.63) is 77.0 Å². The van der Waals surface area contributed by atoms with Crippen LogP contribution in [0.2, 0.25) is 0 Å². The normalized spacial score (nSPS) is 11.1. The molecular formula is C26H25N5O3. The zero-order chi connectivity index (χ0) is 23.9. The molecule has 0 aliphatic rings. The van der Waals surface area contributed by atoms with Crippen molar-refractivity contribution in [2.45, 2.75) is 26.2 Å². The number of hydrogen-bond acceptors (Lipinski definition) is 6. The van der Waals surface area contributed by atoms with Crippen molar-refractivity contribution in [2.24, 2.45) is 0 Å². The van der Waals surface area contributed by atoms with Gasteiger partial charge in [0.1, 0.15) is 6.07 Å². The summed E-state index contributed by atoms with van der Waals surface area (Å²) in [5.74, 6) is 2.31. The van der Waals surface area contributed by atoms with E-state index in [1.165, 1.54) is 12.4 Å². The molecule has 0 radical (unpaired) electrons. The lowest BCUT2D eigenvalue weighted by Crippen LogP contribution is -2.28. The molecule has 1 aromatic carbocycles. The minimum atomic E-state index is 0.348. The summed E-state index contributed by atoms with van der Waals surface area (Å²) in [6.07, 6.45) is 9.75. The lowest BCUT2D eigenvalue weighted by Gasteiger charge is -2.13. The van der Waals surface area contributed by atoms with Gasteiger partial charge in [0.05, 0.1) is 25.5 Å². The van der Waals surface area contributed by atoms with Gasteiger partial charge >= 0.3 is 5.65 Å². The fraction of sp³-hybridized carbons (Fsp3) is 0.231. The maximum Gasteiger partial charge on any atom is 0.319 e. The number of fused-ring (bicyclic) bond motifs is 1. The smallest absolute Gasteiger partial charge is 0.319 e. The molecule has 8 nitrogen and oxygen atoms in total. The first kappa shape index (κ1) is 22.8. The third-order valence-corrected chi connectivity index (χ3v) is 5.33. The van der Waals surface area contributed by atoms with Crippen LogP contribution in [0.25, 0.3) is 29.1 Å². The van der Waals surface area contributed by atoms with Crippen LogP contribution in [-0.4, -0.2) is 28.3 Å². The molecule has 0 N–H and O–H groups in total. The van der Waals surface area contributed by atoms with Crippen molar-refractivity contribution in [1.29, 1.82) is 5.26 Å². The average molecular weight is 456 g/mol. The first-order chi connectivity index (χ1) is 16.7. The molecule has 4 aromatic rings. The molecule has 3 aromatic heterocycles. The van der Waals surface area contributed by atoms with E-state index in [9.17, 15) is 5.21 Å². The summed E-state index contributed by atoms with van der Waals surface area (Å²) in [5, 5.41) is 21.7. The summed E-state index contributed by atoms with van der Waals surface area (Å²) in [6, 6.07) is 14.5.